The van der Waals surface area contributed by atoms with E-state index in [-0.39, 0.29) is 0 Å². The van der Waals surface area contributed by atoms with E-state index in [9.17, 15) is 4.79 Å². The van der Waals surface area contributed by atoms with Gasteiger partial charge in [0.2, 0.25) is 0 Å². The van der Waals surface area contributed by atoms with Crippen LogP contribution in [-0.2, 0) is 9.53 Å². The van der Waals surface area contributed by atoms with Crippen LogP contribution in [0.5, 0.6) is 0 Å². The van der Waals surface area contributed by atoms with Crippen molar-refractivity contribution in [2.45, 2.75) is 32.6 Å². The molecule has 1 aliphatic heterocycles. The fourth-order valence-corrected chi connectivity index (χ4v) is 2.13. The first-order valence-corrected chi connectivity index (χ1v) is 7.06. The summed E-state index contributed by atoms with van der Waals surface area (Å²) in [6.45, 7) is 6.10. The van der Waals surface area contributed by atoms with Crippen LogP contribution in [-0.4, -0.2) is 49.9 Å². The van der Waals surface area contributed by atoms with E-state index in [1.54, 1.807) is 6.92 Å². The van der Waals surface area contributed by atoms with Crippen molar-refractivity contribution in [1.29, 1.82) is 5.26 Å². The number of esters is 1. The molecule has 0 aromatic rings. The van der Waals surface area contributed by atoms with Gasteiger partial charge in [-0.25, -0.2) is 0 Å². The lowest BCUT2D eigenvalue weighted by molar-refractivity contribution is -0.143. The number of piperidine rings is 1. The lowest BCUT2D eigenvalue weighted by Crippen LogP contribution is -2.30. The molecule has 1 fully saturated rings. The van der Waals surface area contributed by atoms with E-state index in [0.717, 1.165) is 13.0 Å². The van der Waals surface area contributed by atoms with Crippen LogP contribution >= 0.6 is 0 Å². The Labute approximate surface area is 115 Å². The average molecular weight is 265 g/mol. The molecule has 1 aliphatic rings. The summed E-state index contributed by atoms with van der Waals surface area (Å²) < 4.78 is 4.79. The Morgan fingerprint density at radius 1 is 1.47 bits per heavy atom. The number of rotatable bonds is 7. The van der Waals surface area contributed by atoms with Gasteiger partial charge in [-0.15, -0.1) is 0 Å². The van der Waals surface area contributed by atoms with Crippen molar-refractivity contribution in [3.63, 3.8) is 0 Å². The second kappa shape index (κ2) is 9.51. The Kier molecular flexibility index (Phi) is 7.83. The highest BCUT2D eigenvalue weighted by atomic mass is 16.5. The van der Waals surface area contributed by atoms with Gasteiger partial charge in [0, 0.05) is 12.8 Å². The summed E-state index contributed by atoms with van der Waals surface area (Å²) >= 11 is 0. The minimum absolute atomic E-state index is 0.291. The number of hydrogen-bond donors (Lipinski definition) is 0. The molecule has 5 nitrogen and oxygen atoms in total. The molecule has 1 rings (SSSR count). The fraction of sp³-hybridized carbons (Fsp3) is 0.786. The first-order valence-electron chi connectivity index (χ1n) is 7.06. The maximum atomic E-state index is 11.3. The van der Waals surface area contributed by atoms with Gasteiger partial charge in [0.1, 0.15) is 0 Å². The molecule has 5 heteroatoms. The van der Waals surface area contributed by atoms with Gasteiger partial charge in [0.25, 0.3) is 0 Å². The van der Waals surface area contributed by atoms with E-state index in [1.165, 1.54) is 38.6 Å². The molecule has 106 valence electrons. The normalized spacial score (nSPS) is 18.1. The number of aliphatic imine (C=N–C) groups is 1. The minimum Gasteiger partial charge on any atom is -0.465 e. The molecule has 0 amide bonds. The summed E-state index contributed by atoms with van der Waals surface area (Å²) in [4.78, 5) is 17.9. The smallest absolute Gasteiger partial charge is 0.328 e. The van der Waals surface area contributed by atoms with Crippen molar-refractivity contribution < 1.29 is 9.53 Å². The maximum absolute atomic E-state index is 11.3. The van der Waals surface area contributed by atoms with E-state index < -0.39 is 11.9 Å². The molecular formula is C14H23N3O2. The Bertz CT molecular complexity index is 330. The van der Waals surface area contributed by atoms with Crippen molar-refractivity contribution in [3.05, 3.63) is 0 Å². The molecule has 1 saturated heterocycles. The molecular weight excluding hydrogens is 242 g/mol. The zero-order valence-corrected chi connectivity index (χ0v) is 11.7. The van der Waals surface area contributed by atoms with E-state index in [2.05, 4.69) is 9.89 Å². The van der Waals surface area contributed by atoms with E-state index in [1.807, 2.05) is 6.07 Å². The largest absolute Gasteiger partial charge is 0.465 e. The SMILES string of the molecule is CCOC(=O)[C@H](C#N)C=NCCCN1CCCCC1. The number of carbonyl (C=O) groups excluding carboxylic acids is 1. The highest BCUT2D eigenvalue weighted by Gasteiger charge is 2.16. The number of ether oxygens (including phenoxy) is 1. The number of nitriles is 1. The quantitative estimate of drug-likeness (QED) is 0.399. The van der Waals surface area contributed by atoms with Gasteiger partial charge in [0.15, 0.2) is 5.92 Å². The number of nitrogens with zero attached hydrogens (tertiary/aromatic N) is 3. The molecule has 1 heterocycles. The zero-order valence-electron chi connectivity index (χ0n) is 11.7. The van der Waals surface area contributed by atoms with Crippen molar-refractivity contribution in [1.82, 2.24) is 4.90 Å². The van der Waals surface area contributed by atoms with Crippen LogP contribution in [0.4, 0.5) is 0 Å². The maximum Gasteiger partial charge on any atom is 0.328 e. The summed E-state index contributed by atoms with van der Waals surface area (Å²) in [6, 6.07) is 1.89. The average Bonchev–Trinajstić information content (AvgIpc) is 2.44. The molecule has 0 saturated carbocycles. The van der Waals surface area contributed by atoms with Crippen LogP contribution in [0.1, 0.15) is 32.6 Å². The van der Waals surface area contributed by atoms with Gasteiger partial charge in [-0.05, 0) is 45.8 Å². The van der Waals surface area contributed by atoms with Crippen molar-refractivity contribution >= 4 is 12.2 Å². The monoisotopic (exact) mass is 265 g/mol. The Morgan fingerprint density at radius 2 is 2.21 bits per heavy atom. The zero-order chi connectivity index (χ0) is 13.9. The second-order valence-electron chi connectivity index (χ2n) is 4.67. The summed E-state index contributed by atoms with van der Waals surface area (Å²) in [5.41, 5.74) is 0. The molecule has 19 heavy (non-hydrogen) atoms. The van der Waals surface area contributed by atoms with Gasteiger partial charge in [0.05, 0.1) is 12.7 Å². The highest BCUT2D eigenvalue weighted by molar-refractivity contribution is 5.92. The van der Waals surface area contributed by atoms with E-state index >= 15 is 0 Å². The van der Waals surface area contributed by atoms with Gasteiger partial charge in [-0.2, -0.15) is 5.26 Å². The van der Waals surface area contributed by atoms with Crippen LogP contribution in [0.3, 0.4) is 0 Å². The molecule has 0 aliphatic carbocycles. The fourth-order valence-electron chi connectivity index (χ4n) is 2.13. The van der Waals surface area contributed by atoms with Crippen LogP contribution < -0.4 is 0 Å². The highest BCUT2D eigenvalue weighted by Crippen LogP contribution is 2.08. The lowest BCUT2D eigenvalue weighted by atomic mass is 10.1. The summed E-state index contributed by atoms with van der Waals surface area (Å²) in [7, 11) is 0. The Balaban J connectivity index is 2.17. The van der Waals surface area contributed by atoms with Gasteiger partial charge in [-0.3, -0.25) is 9.79 Å². The van der Waals surface area contributed by atoms with Crippen LogP contribution in [0.2, 0.25) is 0 Å². The van der Waals surface area contributed by atoms with Crippen molar-refractivity contribution in [2.24, 2.45) is 10.9 Å². The molecule has 0 spiro atoms. The molecule has 0 unspecified atom stereocenters. The van der Waals surface area contributed by atoms with E-state index in [0.29, 0.717) is 13.2 Å². The predicted molar refractivity (Wildman–Crippen MR) is 74.0 cm³/mol. The third kappa shape index (κ3) is 6.35. The van der Waals surface area contributed by atoms with Crippen molar-refractivity contribution in [2.75, 3.05) is 32.8 Å². The lowest BCUT2D eigenvalue weighted by Gasteiger charge is -2.25. The summed E-state index contributed by atoms with van der Waals surface area (Å²) in [5.74, 6) is -1.38. The summed E-state index contributed by atoms with van der Waals surface area (Å²) in [6.07, 6.45) is 6.31. The van der Waals surface area contributed by atoms with Crippen molar-refractivity contribution in [3.8, 4) is 6.07 Å². The first-order chi connectivity index (χ1) is 9.27. The molecule has 0 aromatic heterocycles. The second-order valence-corrected chi connectivity index (χ2v) is 4.67. The third-order valence-electron chi connectivity index (χ3n) is 3.14. The topological polar surface area (TPSA) is 65.7 Å². The number of hydrogen-bond acceptors (Lipinski definition) is 5. The standard InChI is InChI=1S/C14H23N3O2/c1-2-19-14(18)13(11-15)12-16-7-6-10-17-8-4-3-5-9-17/h12-13H,2-10H2,1H3/t13-/m1/s1. The van der Waals surface area contributed by atoms with Crippen LogP contribution in [0.15, 0.2) is 4.99 Å². The molecule has 0 N–H and O–H groups in total. The Hall–Kier alpha value is -1.41. The molecule has 1 atom stereocenters. The summed E-state index contributed by atoms with van der Waals surface area (Å²) in [5, 5.41) is 8.83. The van der Waals surface area contributed by atoms with Gasteiger partial charge in [-0.1, -0.05) is 6.42 Å². The van der Waals surface area contributed by atoms with Crippen LogP contribution in [0.25, 0.3) is 0 Å². The Morgan fingerprint density at radius 3 is 2.84 bits per heavy atom. The van der Waals surface area contributed by atoms with Gasteiger partial charge >= 0.3 is 5.97 Å². The first kappa shape index (κ1) is 15.6. The van der Waals surface area contributed by atoms with Gasteiger partial charge < -0.3 is 9.64 Å². The molecule has 0 aromatic carbocycles. The molecule has 0 bridgehead atoms. The number of likely N-dealkylation sites (tertiary alicyclic amines) is 1. The van der Waals surface area contributed by atoms with E-state index in [4.69, 9.17) is 10.00 Å². The van der Waals surface area contributed by atoms with Crippen LogP contribution in [0, 0.1) is 17.2 Å². The third-order valence-corrected chi connectivity index (χ3v) is 3.14. The predicted octanol–water partition coefficient (Wildman–Crippen LogP) is 1.64. The molecule has 0 radical (unpaired) electrons. The number of carbonyl (C=O) groups is 1. The minimum atomic E-state index is -0.866.